The summed E-state index contributed by atoms with van der Waals surface area (Å²) < 4.78 is 45.3. The van der Waals surface area contributed by atoms with Crippen molar-refractivity contribution in [2.75, 3.05) is 25.1 Å². The third kappa shape index (κ3) is 6.65. The maximum atomic E-state index is 14.5. The molecule has 3 heterocycles. The number of nitro groups is 1. The van der Waals surface area contributed by atoms with Gasteiger partial charge in [-0.3, -0.25) is 14.9 Å². The van der Waals surface area contributed by atoms with E-state index in [0.29, 0.717) is 28.5 Å². The van der Waals surface area contributed by atoms with Crippen molar-refractivity contribution in [3.63, 3.8) is 0 Å². The number of anilines is 1. The van der Waals surface area contributed by atoms with Crippen molar-refractivity contribution >= 4 is 23.5 Å². The van der Waals surface area contributed by atoms with Crippen LogP contribution in [-0.2, 0) is 27.9 Å². The zero-order chi connectivity index (χ0) is 29.0. The lowest BCUT2D eigenvalue weighted by atomic mass is 9.91. The Morgan fingerprint density at radius 1 is 1.20 bits per heavy atom. The van der Waals surface area contributed by atoms with Gasteiger partial charge >= 0.3 is 12.1 Å². The lowest BCUT2D eigenvalue weighted by Gasteiger charge is -2.39. The van der Waals surface area contributed by atoms with E-state index >= 15 is 0 Å². The summed E-state index contributed by atoms with van der Waals surface area (Å²) in [7, 11) is 2.82. The van der Waals surface area contributed by atoms with Crippen LogP contribution in [0.25, 0.3) is 11.4 Å². The van der Waals surface area contributed by atoms with Gasteiger partial charge in [0, 0.05) is 32.1 Å². The van der Waals surface area contributed by atoms with Gasteiger partial charge in [-0.1, -0.05) is 5.21 Å². The van der Waals surface area contributed by atoms with Crippen molar-refractivity contribution in [1.29, 1.82) is 0 Å². The maximum Gasteiger partial charge on any atom is 0.514 e. The predicted octanol–water partition coefficient (Wildman–Crippen LogP) is 3.83. The molecule has 0 N–H and O–H groups in total. The van der Waals surface area contributed by atoms with Crippen LogP contribution in [-0.4, -0.2) is 63.1 Å². The van der Waals surface area contributed by atoms with E-state index in [2.05, 4.69) is 20.0 Å². The normalized spacial score (nSPS) is 16.3. The van der Waals surface area contributed by atoms with Crippen LogP contribution >= 0.6 is 0 Å². The largest absolute Gasteiger partial charge is 0.514 e. The molecule has 15 heteroatoms. The van der Waals surface area contributed by atoms with Crippen LogP contribution in [0.2, 0.25) is 0 Å². The van der Waals surface area contributed by atoms with E-state index in [0.717, 1.165) is 0 Å². The van der Waals surface area contributed by atoms with Gasteiger partial charge in [-0.05, 0) is 37.1 Å². The highest BCUT2D eigenvalue weighted by Gasteiger charge is 2.41. The third-order valence-corrected chi connectivity index (χ3v) is 6.33. The molecule has 0 amide bonds. The quantitative estimate of drug-likeness (QED) is 0.171. The zero-order valence-electron chi connectivity index (χ0n) is 21.9. The van der Waals surface area contributed by atoms with E-state index in [9.17, 15) is 28.5 Å². The second-order valence-electron chi connectivity index (χ2n) is 9.29. The minimum Gasteiger partial charge on any atom is -0.469 e. The van der Waals surface area contributed by atoms with Crippen LogP contribution < -0.4 is 9.64 Å². The number of carbonyl (C=O) groups excluding carboxylic acids is 2. The number of ether oxygens (including phenoxy) is 3. The average molecular weight is 561 g/mol. The molecule has 1 fully saturated rings. The summed E-state index contributed by atoms with van der Waals surface area (Å²) in [6, 6.07) is 8.16. The number of hydrogen-bond donors (Lipinski definition) is 0. The highest BCUT2D eigenvalue weighted by Crippen LogP contribution is 2.36. The SMILES string of the molecule is COC(=O)C[C@@H]1CN(c2ccc(-c3nnn(C)c3COC(=O)Oc3ccc([N+](=O)[O-])cc3)nc2C)CC(F)(F)C1. The van der Waals surface area contributed by atoms with Crippen molar-refractivity contribution in [3.8, 4) is 17.1 Å². The summed E-state index contributed by atoms with van der Waals surface area (Å²) in [6.45, 7) is 1.14. The molecule has 0 unspecified atom stereocenters. The Balaban J connectivity index is 1.46. The van der Waals surface area contributed by atoms with Crippen molar-refractivity contribution in [1.82, 2.24) is 20.0 Å². The molecule has 13 nitrogen and oxygen atoms in total. The lowest BCUT2D eigenvalue weighted by Crippen LogP contribution is -2.48. The second-order valence-corrected chi connectivity index (χ2v) is 9.29. The average Bonchev–Trinajstić information content (AvgIpc) is 3.26. The second kappa shape index (κ2) is 11.6. The number of methoxy groups -OCH3 is 1. The Bertz CT molecular complexity index is 1410. The fourth-order valence-electron chi connectivity index (χ4n) is 4.49. The number of rotatable bonds is 8. The molecule has 0 spiro atoms. The van der Waals surface area contributed by atoms with E-state index < -0.39 is 41.9 Å². The first kappa shape index (κ1) is 28.3. The molecular weight excluding hydrogens is 534 g/mol. The number of piperidine rings is 1. The summed E-state index contributed by atoms with van der Waals surface area (Å²) in [5.41, 5.74) is 1.88. The molecule has 212 valence electrons. The van der Waals surface area contributed by atoms with Gasteiger partial charge in [0.05, 0.1) is 42.1 Å². The molecule has 1 aliphatic heterocycles. The molecule has 40 heavy (non-hydrogen) atoms. The summed E-state index contributed by atoms with van der Waals surface area (Å²) in [5, 5.41) is 18.8. The van der Waals surface area contributed by atoms with Crippen LogP contribution in [0.1, 0.15) is 24.2 Å². The first-order valence-electron chi connectivity index (χ1n) is 12.1. The molecule has 4 rings (SSSR count). The lowest BCUT2D eigenvalue weighted by molar-refractivity contribution is -0.384. The fourth-order valence-corrected chi connectivity index (χ4v) is 4.49. The monoisotopic (exact) mass is 560 g/mol. The predicted molar refractivity (Wildman–Crippen MR) is 135 cm³/mol. The number of hydrogen-bond acceptors (Lipinski definition) is 11. The Morgan fingerprint density at radius 3 is 2.58 bits per heavy atom. The molecule has 1 aliphatic rings. The van der Waals surface area contributed by atoms with Crippen LogP contribution in [0.15, 0.2) is 36.4 Å². The summed E-state index contributed by atoms with van der Waals surface area (Å²) >= 11 is 0. The minimum atomic E-state index is -2.99. The molecule has 0 aliphatic carbocycles. The van der Waals surface area contributed by atoms with Gasteiger partial charge < -0.3 is 19.1 Å². The standard InChI is InChI=1S/C25H26F2N6O7/c1-15-20(32-12-16(10-22(34)38-3)11-25(26,27)14-32)9-8-19(28-15)23-21(31(2)30-29-23)13-39-24(35)40-18-6-4-17(5-7-18)33(36)37/h4-9,16H,10-14H2,1-3H3/t16-/m0/s1. The number of halogens is 2. The molecule has 0 radical (unpaired) electrons. The van der Waals surface area contributed by atoms with Crippen LogP contribution in [0.5, 0.6) is 5.75 Å². The summed E-state index contributed by atoms with van der Waals surface area (Å²) in [5.74, 6) is -4.05. The van der Waals surface area contributed by atoms with Crippen LogP contribution in [0.3, 0.4) is 0 Å². The van der Waals surface area contributed by atoms with Crippen molar-refractivity contribution in [2.24, 2.45) is 13.0 Å². The molecule has 1 aromatic carbocycles. The third-order valence-electron chi connectivity index (χ3n) is 6.33. The highest BCUT2D eigenvalue weighted by atomic mass is 19.3. The van der Waals surface area contributed by atoms with Gasteiger partial charge in [-0.2, -0.15) is 0 Å². The molecule has 0 bridgehead atoms. The fraction of sp³-hybridized carbons (Fsp3) is 0.400. The first-order chi connectivity index (χ1) is 19.0. The number of non-ortho nitro benzene ring substituents is 1. The van der Waals surface area contributed by atoms with Gasteiger partial charge in [0.1, 0.15) is 23.7 Å². The van der Waals surface area contributed by atoms with Gasteiger partial charge in [0.25, 0.3) is 11.6 Å². The number of benzene rings is 1. The Kier molecular flexibility index (Phi) is 8.21. The maximum absolute atomic E-state index is 14.5. The van der Waals surface area contributed by atoms with Crippen molar-refractivity contribution in [3.05, 3.63) is 57.9 Å². The Hall–Kier alpha value is -4.69. The van der Waals surface area contributed by atoms with Crippen molar-refractivity contribution in [2.45, 2.75) is 32.3 Å². The Labute approximate surface area is 226 Å². The van der Waals surface area contributed by atoms with E-state index in [1.165, 1.54) is 41.0 Å². The Morgan fingerprint density at radius 2 is 1.93 bits per heavy atom. The van der Waals surface area contributed by atoms with E-state index in [4.69, 9.17) is 9.47 Å². The summed E-state index contributed by atoms with van der Waals surface area (Å²) in [6.07, 6.45) is -1.56. The molecule has 1 saturated heterocycles. The number of aryl methyl sites for hydroxylation is 2. The summed E-state index contributed by atoms with van der Waals surface area (Å²) in [4.78, 5) is 40.1. The highest BCUT2D eigenvalue weighted by molar-refractivity contribution is 5.70. The number of nitro benzene ring substituents is 1. The first-order valence-corrected chi connectivity index (χ1v) is 12.1. The molecule has 2 aromatic heterocycles. The van der Waals surface area contributed by atoms with E-state index in [1.54, 1.807) is 26.1 Å². The van der Waals surface area contributed by atoms with Crippen LogP contribution in [0.4, 0.5) is 25.0 Å². The zero-order valence-corrected chi connectivity index (χ0v) is 21.9. The molecule has 3 aromatic rings. The molecular formula is C25H26F2N6O7. The minimum absolute atomic E-state index is 0.0592. The number of pyridine rings is 1. The van der Waals surface area contributed by atoms with Crippen molar-refractivity contribution < 1.29 is 37.5 Å². The number of carbonyl (C=O) groups is 2. The smallest absolute Gasteiger partial charge is 0.469 e. The number of alkyl halides is 2. The molecule has 0 saturated carbocycles. The van der Waals surface area contributed by atoms with E-state index in [1.807, 2.05) is 0 Å². The van der Waals surface area contributed by atoms with Gasteiger partial charge in [0.15, 0.2) is 0 Å². The number of esters is 1. The van der Waals surface area contributed by atoms with Crippen LogP contribution in [0, 0.1) is 23.0 Å². The number of nitrogens with zero attached hydrogens (tertiary/aromatic N) is 6. The number of aromatic nitrogens is 4. The van der Waals surface area contributed by atoms with Gasteiger partial charge in [-0.15, -0.1) is 5.10 Å². The van der Waals surface area contributed by atoms with Gasteiger partial charge in [0.2, 0.25) is 0 Å². The topological polar surface area (TPSA) is 152 Å². The van der Waals surface area contributed by atoms with Gasteiger partial charge in [-0.25, -0.2) is 23.2 Å². The van der Waals surface area contributed by atoms with E-state index in [-0.39, 0.29) is 31.0 Å². The molecule has 1 atom stereocenters.